The molecule has 1 fully saturated rings. The normalized spacial score (nSPS) is 25.2. The molecule has 0 bridgehead atoms. The lowest BCUT2D eigenvalue weighted by molar-refractivity contribution is 0.0994. The van der Waals surface area contributed by atoms with E-state index in [1.807, 2.05) is 0 Å². The number of rotatable bonds is 6. The van der Waals surface area contributed by atoms with Crippen LogP contribution in [0.25, 0.3) is 0 Å². The van der Waals surface area contributed by atoms with Crippen LogP contribution in [0.4, 0.5) is 0 Å². The Labute approximate surface area is 117 Å². The third kappa shape index (κ3) is 4.63. The average molecular weight is 261 g/mol. The summed E-state index contributed by atoms with van der Waals surface area (Å²) in [4.78, 5) is 0. The van der Waals surface area contributed by atoms with Gasteiger partial charge in [-0.3, -0.25) is 0 Å². The van der Waals surface area contributed by atoms with E-state index >= 15 is 0 Å². The van der Waals surface area contributed by atoms with E-state index < -0.39 is 0 Å². The first-order chi connectivity index (χ1) is 9.29. The van der Waals surface area contributed by atoms with Crippen LogP contribution in [0.3, 0.4) is 0 Å². The molecule has 2 N–H and O–H groups in total. The Morgan fingerprint density at radius 1 is 1.26 bits per heavy atom. The van der Waals surface area contributed by atoms with Crippen LogP contribution in [0.15, 0.2) is 30.3 Å². The molecule has 1 aromatic rings. The molecule has 0 heterocycles. The van der Waals surface area contributed by atoms with Crippen molar-refractivity contribution in [2.75, 3.05) is 6.54 Å². The van der Waals surface area contributed by atoms with E-state index in [1.54, 1.807) is 0 Å². The zero-order chi connectivity index (χ0) is 13.5. The molecule has 0 aliphatic heterocycles. The van der Waals surface area contributed by atoms with Gasteiger partial charge in [0.15, 0.2) is 0 Å². The number of aliphatic hydroxyl groups is 1. The Kier molecular flexibility index (Phi) is 5.87. The van der Waals surface area contributed by atoms with Gasteiger partial charge in [-0.05, 0) is 43.7 Å². The summed E-state index contributed by atoms with van der Waals surface area (Å²) in [6.07, 6.45) is 6.71. The third-order valence-corrected chi connectivity index (χ3v) is 4.19. The van der Waals surface area contributed by atoms with Crippen LogP contribution in [0.1, 0.15) is 57.1 Å². The summed E-state index contributed by atoms with van der Waals surface area (Å²) in [5, 5.41) is 13.5. The van der Waals surface area contributed by atoms with Gasteiger partial charge in [0.1, 0.15) is 0 Å². The SMILES string of the molecule is CCCC(NCC1CCCC(O)C1)c1ccccc1. The first kappa shape index (κ1) is 14.5. The van der Waals surface area contributed by atoms with E-state index in [0.29, 0.717) is 12.0 Å². The fraction of sp³-hybridized carbons (Fsp3) is 0.647. The van der Waals surface area contributed by atoms with Gasteiger partial charge >= 0.3 is 0 Å². The highest BCUT2D eigenvalue weighted by Gasteiger charge is 2.21. The van der Waals surface area contributed by atoms with Crippen molar-refractivity contribution in [3.8, 4) is 0 Å². The molecule has 0 saturated heterocycles. The maximum Gasteiger partial charge on any atom is 0.0543 e. The molecule has 1 saturated carbocycles. The molecule has 1 aliphatic rings. The van der Waals surface area contributed by atoms with Crippen LogP contribution < -0.4 is 5.32 Å². The number of nitrogens with one attached hydrogen (secondary N) is 1. The Morgan fingerprint density at radius 2 is 2.05 bits per heavy atom. The predicted molar refractivity (Wildman–Crippen MR) is 80.1 cm³/mol. The second-order valence-corrected chi connectivity index (χ2v) is 5.85. The fourth-order valence-corrected chi connectivity index (χ4v) is 3.12. The molecular formula is C17H27NO. The highest BCUT2D eigenvalue weighted by atomic mass is 16.3. The summed E-state index contributed by atoms with van der Waals surface area (Å²) in [5.41, 5.74) is 1.39. The van der Waals surface area contributed by atoms with Crippen LogP contribution in [0, 0.1) is 5.92 Å². The molecule has 3 atom stereocenters. The standard InChI is InChI=1S/C17H27NO/c1-2-7-17(15-9-4-3-5-10-15)18-13-14-8-6-11-16(19)12-14/h3-5,9-10,14,16-19H,2,6-8,11-13H2,1H3. The van der Waals surface area contributed by atoms with Crippen molar-refractivity contribution in [2.45, 2.75) is 57.6 Å². The van der Waals surface area contributed by atoms with Crippen LogP contribution in [-0.2, 0) is 0 Å². The molecule has 2 rings (SSSR count). The Bertz CT molecular complexity index is 352. The lowest BCUT2D eigenvalue weighted by Gasteiger charge is -2.28. The summed E-state index contributed by atoms with van der Waals surface area (Å²) in [6, 6.07) is 11.2. The first-order valence-electron chi connectivity index (χ1n) is 7.76. The Hall–Kier alpha value is -0.860. The molecular weight excluding hydrogens is 234 g/mol. The molecule has 0 amide bonds. The largest absolute Gasteiger partial charge is 0.393 e. The van der Waals surface area contributed by atoms with Crippen LogP contribution >= 0.6 is 0 Å². The molecule has 2 nitrogen and oxygen atoms in total. The number of hydrogen-bond acceptors (Lipinski definition) is 2. The van der Waals surface area contributed by atoms with E-state index in [4.69, 9.17) is 0 Å². The van der Waals surface area contributed by atoms with E-state index in [9.17, 15) is 5.11 Å². The van der Waals surface area contributed by atoms with Gasteiger partial charge in [-0.1, -0.05) is 50.1 Å². The van der Waals surface area contributed by atoms with E-state index in [0.717, 1.165) is 19.4 Å². The zero-order valence-corrected chi connectivity index (χ0v) is 12.0. The minimum absolute atomic E-state index is 0.0677. The van der Waals surface area contributed by atoms with E-state index in [1.165, 1.54) is 31.2 Å². The highest BCUT2D eigenvalue weighted by Crippen LogP contribution is 2.25. The summed E-state index contributed by atoms with van der Waals surface area (Å²) in [6.45, 7) is 3.28. The van der Waals surface area contributed by atoms with Gasteiger partial charge in [0.25, 0.3) is 0 Å². The molecule has 19 heavy (non-hydrogen) atoms. The van der Waals surface area contributed by atoms with Gasteiger partial charge in [-0.15, -0.1) is 0 Å². The molecule has 1 aliphatic carbocycles. The smallest absolute Gasteiger partial charge is 0.0543 e. The number of aliphatic hydroxyl groups excluding tert-OH is 1. The molecule has 2 heteroatoms. The fourth-order valence-electron chi connectivity index (χ4n) is 3.12. The van der Waals surface area contributed by atoms with Gasteiger partial charge in [-0.2, -0.15) is 0 Å². The minimum Gasteiger partial charge on any atom is -0.393 e. The van der Waals surface area contributed by atoms with Crippen molar-refractivity contribution in [3.63, 3.8) is 0 Å². The molecule has 0 aromatic heterocycles. The van der Waals surface area contributed by atoms with Gasteiger partial charge in [0, 0.05) is 6.04 Å². The Balaban J connectivity index is 1.86. The van der Waals surface area contributed by atoms with Crippen LogP contribution in [0.2, 0.25) is 0 Å². The zero-order valence-electron chi connectivity index (χ0n) is 12.0. The monoisotopic (exact) mass is 261 g/mol. The lowest BCUT2D eigenvalue weighted by atomic mass is 9.87. The van der Waals surface area contributed by atoms with Crippen molar-refractivity contribution < 1.29 is 5.11 Å². The molecule has 106 valence electrons. The molecule has 1 aromatic carbocycles. The molecule has 0 radical (unpaired) electrons. The van der Waals surface area contributed by atoms with Crippen LogP contribution in [-0.4, -0.2) is 17.8 Å². The van der Waals surface area contributed by atoms with E-state index in [-0.39, 0.29) is 6.10 Å². The molecule has 0 spiro atoms. The van der Waals surface area contributed by atoms with Gasteiger partial charge in [-0.25, -0.2) is 0 Å². The van der Waals surface area contributed by atoms with Crippen molar-refractivity contribution in [3.05, 3.63) is 35.9 Å². The minimum atomic E-state index is -0.0677. The lowest BCUT2D eigenvalue weighted by Crippen LogP contribution is -2.31. The summed E-state index contributed by atoms with van der Waals surface area (Å²) in [7, 11) is 0. The van der Waals surface area contributed by atoms with Crippen molar-refractivity contribution in [2.24, 2.45) is 5.92 Å². The average Bonchev–Trinajstić information content (AvgIpc) is 2.44. The van der Waals surface area contributed by atoms with Gasteiger partial charge in [0.2, 0.25) is 0 Å². The number of benzene rings is 1. The second-order valence-electron chi connectivity index (χ2n) is 5.85. The number of hydrogen-bond donors (Lipinski definition) is 2. The Morgan fingerprint density at radius 3 is 2.74 bits per heavy atom. The molecule has 3 unspecified atom stereocenters. The van der Waals surface area contributed by atoms with E-state index in [2.05, 4.69) is 42.6 Å². The van der Waals surface area contributed by atoms with Crippen LogP contribution in [0.5, 0.6) is 0 Å². The maximum absolute atomic E-state index is 9.74. The summed E-state index contributed by atoms with van der Waals surface area (Å²) in [5.74, 6) is 0.645. The quantitative estimate of drug-likeness (QED) is 0.819. The topological polar surface area (TPSA) is 32.3 Å². The summed E-state index contributed by atoms with van der Waals surface area (Å²) >= 11 is 0. The van der Waals surface area contributed by atoms with Gasteiger partial charge < -0.3 is 10.4 Å². The van der Waals surface area contributed by atoms with Crippen molar-refractivity contribution in [1.29, 1.82) is 0 Å². The second kappa shape index (κ2) is 7.66. The van der Waals surface area contributed by atoms with Gasteiger partial charge in [0.05, 0.1) is 6.10 Å². The first-order valence-corrected chi connectivity index (χ1v) is 7.76. The van der Waals surface area contributed by atoms with Crippen molar-refractivity contribution >= 4 is 0 Å². The van der Waals surface area contributed by atoms with Crippen molar-refractivity contribution in [1.82, 2.24) is 5.32 Å². The third-order valence-electron chi connectivity index (χ3n) is 4.19. The maximum atomic E-state index is 9.74. The predicted octanol–water partition coefficient (Wildman–Crippen LogP) is 3.67. The highest BCUT2D eigenvalue weighted by molar-refractivity contribution is 5.18. The summed E-state index contributed by atoms with van der Waals surface area (Å²) < 4.78 is 0.